The number of anilines is 1. The number of para-hydroxylation sites is 1. The van der Waals surface area contributed by atoms with Crippen LogP contribution < -0.4 is 5.32 Å². The summed E-state index contributed by atoms with van der Waals surface area (Å²) in [6.45, 7) is 3.03. The second-order valence-electron chi connectivity index (χ2n) is 2.85. The van der Waals surface area contributed by atoms with Crippen LogP contribution in [-0.4, -0.2) is 18.6 Å². The summed E-state index contributed by atoms with van der Waals surface area (Å²) < 4.78 is 0. The van der Waals surface area contributed by atoms with Crippen LogP contribution in [0.3, 0.4) is 0 Å². The summed E-state index contributed by atoms with van der Waals surface area (Å²) in [7, 11) is 0. The Morgan fingerprint density at radius 2 is 2.23 bits per heavy atom. The first-order valence-corrected chi connectivity index (χ1v) is 6.01. The van der Waals surface area contributed by atoms with Gasteiger partial charge in [0.25, 0.3) is 0 Å². The minimum absolute atomic E-state index is 0.807. The first-order valence-electron chi connectivity index (χ1n) is 4.23. The molecule has 1 nitrogen and oxygen atoms in total. The lowest BCUT2D eigenvalue weighted by atomic mass is 10.2. The van der Waals surface area contributed by atoms with E-state index >= 15 is 0 Å². The van der Waals surface area contributed by atoms with E-state index in [0.717, 1.165) is 23.0 Å². The van der Waals surface area contributed by atoms with Crippen LogP contribution >= 0.6 is 23.4 Å². The van der Waals surface area contributed by atoms with Gasteiger partial charge in [0.2, 0.25) is 0 Å². The van der Waals surface area contributed by atoms with Gasteiger partial charge >= 0.3 is 0 Å². The molecule has 0 heterocycles. The molecule has 1 rings (SSSR count). The van der Waals surface area contributed by atoms with Gasteiger partial charge in [-0.1, -0.05) is 23.7 Å². The number of aryl methyl sites for hydroxylation is 1. The number of benzene rings is 1. The van der Waals surface area contributed by atoms with Gasteiger partial charge in [-0.2, -0.15) is 11.8 Å². The van der Waals surface area contributed by atoms with E-state index in [1.54, 1.807) is 0 Å². The predicted octanol–water partition coefficient (Wildman–Crippen LogP) is 3.42. The van der Waals surface area contributed by atoms with E-state index in [-0.39, 0.29) is 0 Å². The van der Waals surface area contributed by atoms with Crippen molar-refractivity contribution >= 4 is 29.1 Å². The standard InChI is InChI=1S/C10H14ClNS/c1-8-4-3-5-9(11)10(8)12-6-7-13-2/h3-5,12H,6-7H2,1-2H3. The lowest BCUT2D eigenvalue weighted by Gasteiger charge is -2.10. The molecule has 13 heavy (non-hydrogen) atoms. The van der Waals surface area contributed by atoms with Crippen molar-refractivity contribution in [3.05, 3.63) is 28.8 Å². The van der Waals surface area contributed by atoms with Gasteiger partial charge in [0.15, 0.2) is 0 Å². The lowest BCUT2D eigenvalue weighted by Crippen LogP contribution is -2.05. The van der Waals surface area contributed by atoms with Crippen LogP contribution in [0.5, 0.6) is 0 Å². The monoisotopic (exact) mass is 215 g/mol. The highest BCUT2D eigenvalue weighted by molar-refractivity contribution is 7.98. The largest absolute Gasteiger partial charge is 0.383 e. The molecule has 72 valence electrons. The highest BCUT2D eigenvalue weighted by Crippen LogP contribution is 2.24. The molecule has 0 saturated heterocycles. The van der Waals surface area contributed by atoms with Crippen molar-refractivity contribution in [3.8, 4) is 0 Å². The zero-order valence-corrected chi connectivity index (χ0v) is 9.50. The van der Waals surface area contributed by atoms with E-state index in [1.165, 1.54) is 5.56 Å². The molecule has 0 saturated carbocycles. The Morgan fingerprint density at radius 3 is 2.85 bits per heavy atom. The van der Waals surface area contributed by atoms with E-state index in [1.807, 2.05) is 23.9 Å². The fourth-order valence-corrected chi connectivity index (χ4v) is 1.73. The van der Waals surface area contributed by atoms with Crippen LogP contribution in [0, 0.1) is 6.92 Å². The minimum Gasteiger partial charge on any atom is -0.383 e. The minimum atomic E-state index is 0.807. The number of nitrogens with one attached hydrogen (secondary N) is 1. The number of hydrogen-bond donors (Lipinski definition) is 1. The van der Waals surface area contributed by atoms with E-state index in [0.29, 0.717) is 0 Å². The van der Waals surface area contributed by atoms with E-state index in [9.17, 15) is 0 Å². The summed E-state index contributed by atoms with van der Waals surface area (Å²) in [5.74, 6) is 1.10. The molecule has 0 unspecified atom stereocenters. The Morgan fingerprint density at radius 1 is 1.46 bits per heavy atom. The van der Waals surface area contributed by atoms with Crippen LogP contribution in [0.15, 0.2) is 18.2 Å². The topological polar surface area (TPSA) is 12.0 Å². The number of thioether (sulfide) groups is 1. The Labute approximate surface area is 88.9 Å². The summed E-state index contributed by atoms with van der Waals surface area (Å²) in [4.78, 5) is 0. The number of hydrogen-bond acceptors (Lipinski definition) is 2. The fraction of sp³-hybridized carbons (Fsp3) is 0.400. The maximum atomic E-state index is 6.04. The van der Waals surface area contributed by atoms with E-state index in [2.05, 4.69) is 24.6 Å². The van der Waals surface area contributed by atoms with Crippen LogP contribution in [0.1, 0.15) is 5.56 Å². The number of rotatable bonds is 4. The normalized spacial score (nSPS) is 10.1. The second kappa shape index (κ2) is 5.40. The highest BCUT2D eigenvalue weighted by atomic mass is 35.5. The van der Waals surface area contributed by atoms with Crippen molar-refractivity contribution in [1.29, 1.82) is 0 Å². The number of halogens is 1. The molecule has 0 aliphatic heterocycles. The van der Waals surface area contributed by atoms with Crippen molar-refractivity contribution in [3.63, 3.8) is 0 Å². The zero-order valence-electron chi connectivity index (χ0n) is 7.93. The molecule has 0 amide bonds. The zero-order chi connectivity index (χ0) is 9.68. The molecule has 3 heteroatoms. The average molecular weight is 216 g/mol. The van der Waals surface area contributed by atoms with Gasteiger partial charge in [-0.15, -0.1) is 0 Å². The lowest BCUT2D eigenvalue weighted by molar-refractivity contribution is 1.21. The third kappa shape index (κ3) is 3.12. The fourth-order valence-electron chi connectivity index (χ4n) is 1.13. The second-order valence-corrected chi connectivity index (χ2v) is 4.24. The molecule has 1 N–H and O–H groups in total. The first-order chi connectivity index (χ1) is 6.25. The average Bonchev–Trinajstić information content (AvgIpc) is 2.10. The van der Waals surface area contributed by atoms with Crippen molar-refractivity contribution in [2.75, 3.05) is 23.9 Å². The Hall–Kier alpha value is -0.340. The summed E-state index contributed by atoms with van der Waals surface area (Å²) in [5, 5.41) is 4.14. The molecule has 0 bridgehead atoms. The molecule has 0 spiro atoms. The van der Waals surface area contributed by atoms with Crippen LogP contribution in [0.2, 0.25) is 5.02 Å². The first kappa shape index (κ1) is 10.7. The van der Waals surface area contributed by atoms with Gasteiger partial charge < -0.3 is 5.32 Å². The molecule has 0 aliphatic carbocycles. The highest BCUT2D eigenvalue weighted by Gasteiger charge is 2.01. The van der Waals surface area contributed by atoms with Crippen molar-refractivity contribution < 1.29 is 0 Å². The predicted molar refractivity (Wildman–Crippen MR) is 63.1 cm³/mol. The molecule has 0 aromatic heterocycles. The van der Waals surface area contributed by atoms with Crippen molar-refractivity contribution in [2.45, 2.75) is 6.92 Å². The van der Waals surface area contributed by atoms with Crippen molar-refractivity contribution in [1.82, 2.24) is 0 Å². The summed E-state index contributed by atoms with van der Waals surface area (Å²) in [5.41, 5.74) is 2.27. The molecule has 0 radical (unpaired) electrons. The van der Waals surface area contributed by atoms with Crippen molar-refractivity contribution in [2.24, 2.45) is 0 Å². The SMILES string of the molecule is CSCCNc1c(C)cccc1Cl. The third-order valence-electron chi connectivity index (χ3n) is 1.83. The molecular weight excluding hydrogens is 202 g/mol. The maximum absolute atomic E-state index is 6.04. The quantitative estimate of drug-likeness (QED) is 0.773. The Kier molecular flexibility index (Phi) is 4.46. The van der Waals surface area contributed by atoms with E-state index < -0.39 is 0 Å². The summed E-state index contributed by atoms with van der Waals surface area (Å²) >= 11 is 7.87. The summed E-state index contributed by atoms with van der Waals surface area (Å²) in [6, 6.07) is 5.95. The molecule has 1 aromatic rings. The van der Waals surface area contributed by atoms with Crippen LogP contribution in [0.25, 0.3) is 0 Å². The van der Waals surface area contributed by atoms with Crippen LogP contribution in [-0.2, 0) is 0 Å². The Balaban J connectivity index is 2.64. The van der Waals surface area contributed by atoms with Crippen LogP contribution in [0.4, 0.5) is 5.69 Å². The molecule has 0 aliphatic rings. The molecule has 0 fully saturated rings. The van der Waals surface area contributed by atoms with Gasteiger partial charge in [-0.05, 0) is 24.8 Å². The van der Waals surface area contributed by atoms with Gasteiger partial charge in [0.1, 0.15) is 0 Å². The molecule has 0 atom stereocenters. The van der Waals surface area contributed by atoms with Gasteiger partial charge in [-0.3, -0.25) is 0 Å². The Bertz CT molecular complexity index is 255. The molecule has 1 aromatic carbocycles. The summed E-state index contributed by atoms with van der Waals surface area (Å²) in [6.07, 6.45) is 2.10. The smallest absolute Gasteiger partial charge is 0.0640 e. The third-order valence-corrected chi connectivity index (χ3v) is 2.76. The van der Waals surface area contributed by atoms with Gasteiger partial charge in [0, 0.05) is 12.3 Å². The maximum Gasteiger partial charge on any atom is 0.0640 e. The van der Waals surface area contributed by atoms with E-state index in [4.69, 9.17) is 11.6 Å². The van der Waals surface area contributed by atoms with Gasteiger partial charge in [-0.25, -0.2) is 0 Å². The molecular formula is C10H14ClNS. The van der Waals surface area contributed by atoms with Gasteiger partial charge in [0.05, 0.1) is 10.7 Å².